The van der Waals surface area contributed by atoms with Crippen molar-refractivity contribution in [2.24, 2.45) is 5.92 Å². The summed E-state index contributed by atoms with van der Waals surface area (Å²) in [5, 5.41) is 14.3. The molecule has 2 atom stereocenters. The molecule has 2 unspecified atom stereocenters. The van der Waals surface area contributed by atoms with Crippen LogP contribution in [0, 0.1) is 5.92 Å². The zero-order chi connectivity index (χ0) is 12.4. The molecular weight excluding hydrogens is 208 g/mol. The first kappa shape index (κ1) is 15.2. The van der Waals surface area contributed by atoms with Crippen molar-refractivity contribution in [1.82, 2.24) is 10.6 Å². The van der Waals surface area contributed by atoms with Crippen molar-refractivity contribution in [3.8, 4) is 0 Å². The van der Waals surface area contributed by atoms with Gasteiger partial charge in [-0.15, -0.1) is 0 Å². The molecule has 3 N–H and O–H groups in total. The Labute approximate surface area is 97.6 Å². The first-order chi connectivity index (χ1) is 7.63. The third-order valence-corrected chi connectivity index (χ3v) is 2.43. The number of aliphatic hydroxyl groups excluding tert-OH is 1. The van der Waals surface area contributed by atoms with Gasteiger partial charge < -0.3 is 20.5 Å². The third-order valence-electron chi connectivity index (χ3n) is 2.43. The van der Waals surface area contributed by atoms with Crippen molar-refractivity contribution < 1.29 is 14.6 Å². The van der Waals surface area contributed by atoms with Gasteiger partial charge in [0.25, 0.3) is 0 Å². The van der Waals surface area contributed by atoms with Crippen molar-refractivity contribution in [3.05, 3.63) is 0 Å². The summed E-state index contributed by atoms with van der Waals surface area (Å²) < 4.78 is 4.98. The van der Waals surface area contributed by atoms with Gasteiger partial charge in [0.15, 0.2) is 0 Å². The summed E-state index contributed by atoms with van der Waals surface area (Å²) in [4.78, 5) is 11.5. The molecular formula is C11H24N2O3. The minimum absolute atomic E-state index is 0.0538. The van der Waals surface area contributed by atoms with Crippen LogP contribution in [0.2, 0.25) is 0 Å². The normalized spacial score (nSPS) is 14.2. The summed E-state index contributed by atoms with van der Waals surface area (Å²) in [7, 11) is 1.62. The maximum Gasteiger partial charge on any atom is 0.315 e. The fourth-order valence-electron chi connectivity index (χ4n) is 1.29. The summed E-state index contributed by atoms with van der Waals surface area (Å²) in [5.41, 5.74) is 0. The van der Waals surface area contributed by atoms with E-state index in [-0.39, 0.29) is 18.7 Å². The van der Waals surface area contributed by atoms with Crippen LogP contribution in [0.1, 0.15) is 26.7 Å². The van der Waals surface area contributed by atoms with Crippen molar-refractivity contribution >= 4 is 6.03 Å². The van der Waals surface area contributed by atoms with Gasteiger partial charge >= 0.3 is 6.03 Å². The second-order valence-electron chi connectivity index (χ2n) is 4.03. The molecule has 0 spiro atoms. The van der Waals surface area contributed by atoms with Gasteiger partial charge in [-0.25, -0.2) is 4.79 Å². The van der Waals surface area contributed by atoms with Crippen LogP contribution in [0.4, 0.5) is 4.79 Å². The van der Waals surface area contributed by atoms with E-state index in [1.165, 1.54) is 0 Å². The third kappa shape index (κ3) is 7.48. The van der Waals surface area contributed by atoms with E-state index in [2.05, 4.69) is 10.6 Å². The average Bonchev–Trinajstić information content (AvgIpc) is 2.26. The molecule has 96 valence electrons. The number of aliphatic hydroxyl groups is 1. The number of amides is 2. The van der Waals surface area contributed by atoms with E-state index in [1.54, 1.807) is 7.11 Å². The zero-order valence-electron chi connectivity index (χ0n) is 10.5. The van der Waals surface area contributed by atoms with Gasteiger partial charge in [-0.1, -0.05) is 13.8 Å². The summed E-state index contributed by atoms with van der Waals surface area (Å²) in [6, 6.07) is -0.119. The van der Waals surface area contributed by atoms with Crippen molar-refractivity contribution in [1.29, 1.82) is 0 Å². The molecule has 5 heteroatoms. The highest BCUT2D eigenvalue weighted by Gasteiger charge is 2.10. The molecule has 0 saturated carbocycles. The van der Waals surface area contributed by atoms with E-state index < -0.39 is 0 Å². The van der Waals surface area contributed by atoms with Crippen LogP contribution in [0.15, 0.2) is 0 Å². The van der Waals surface area contributed by atoms with Crippen LogP contribution in [-0.4, -0.2) is 44.0 Å². The standard InChI is InChI=1S/C11H24N2O3/c1-4-10(8-16-3)13-11(15)12-7-9(2)5-6-14/h9-10,14H,4-8H2,1-3H3,(H2,12,13,15). The van der Waals surface area contributed by atoms with Gasteiger partial charge in [-0.05, 0) is 18.8 Å². The highest BCUT2D eigenvalue weighted by Crippen LogP contribution is 1.98. The molecule has 2 amide bonds. The lowest BCUT2D eigenvalue weighted by molar-refractivity contribution is 0.163. The van der Waals surface area contributed by atoms with E-state index in [9.17, 15) is 4.79 Å². The number of carbonyl (C=O) groups is 1. The van der Waals surface area contributed by atoms with Crippen molar-refractivity contribution in [2.75, 3.05) is 26.9 Å². The Hall–Kier alpha value is -0.810. The lowest BCUT2D eigenvalue weighted by atomic mass is 10.1. The van der Waals surface area contributed by atoms with Crippen molar-refractivity contribution in [2.45, 2.75) is 32.7 Å². The van der Waals surface area contributed by atoms with Crippen LogP contribution < -0.4 is 10.6 Å². The number of hydrogen-bond acceptors (Lipinski definition) is 3. The molecule has 0 fully saturated rings. The Morgan fingerprint density at radius 2 is 2.19 bits per heavy atom. The fraction of sp³-hybridized carbons (Fsp3) is 0.909. The molecule has 0 bridgehead atoms. The number of hydrogen-bond donors (Lipinski definition) is 3. The van der Waals surface area contributed by atoms with Gasteiger partial charge in [0.1, 0.15) is 0 Å². The van der Waals surface area contributed by atoms with Gasteiger partial charge in [0, 0.05) is 20.3 Å². The first-order valence-electron chi connectivity index (χ1n) is 5.78. The van der Waals surface area contributed by atoms with Crippen LogP contribution in [0.5, 0.6) is 0 Å². The minimum atomic E-state index is -0.173. The Bertz CT molecular complexity index is 188. The van der Waals surface area contributed by atoms with E-state index in [0.29, 0.717) is 25.5 Å². The maximum absolute atomic E-state index is 11.5. The Morgan fingerprint density at radius 3 is 2.69 bits per heavy atom. The summed E-state index contributed by atoms with van der Waals surface area (Å²) >= 11 is 0. The predicted octanol–water partition coefficient (Wildman–Crippen LogP) is 0.729. The van der Waals surface area contributed by atoms with E-state index in [1.807, 2.05) is 13.8 Å². The molecule has 0 rings (SSSR count). The first-order valence-corrected chi connectivity index (χ1v) is 5.78. The quantitative estimate of drug-likeness (QED) is 0.578. The van der Waals surface area contributed by atoms with Gasteiger partial charge in [-0.2, -0.15) is 0 Å². The number of methoxy groups -OCH3 is 1. The smallest absolute Gasteiger partial charge is 0.315 e. The molecule has 5 nitrogen and oxygen atoms in total. The topological polar surface area (TPSA) is 70.6 Å². The molecule has 0 aliphatic carbocycles. The molecule has 0 radical (unpaired) electrons. The fourth-order valence-corrected chi connectivity index (χ4v) is 1.29. The Kier molecular flexibility index (Phi) is 8.94. The Balaban J connectivity index is 3.71. The lowest BCUT2D eigenvalue weighted by Crippen LogP contribution is -2.45. The van der Waals surface area contributed by atoms with E-state index in [0.717, 1.165) is 6.42 Å². The van der Waals surface area contributed by atoms with Gasteiger partial charge in [-0.3, -0.25) is 0 Å². The zero-order valence-corrected chi connectivity index (χ0v) is 10.5. The molecule has 0 saturated heterocycles. The highest BCUT2D eigenvalue weighted by atomic mass is 16.5. The summed E-state index contributed by atoms with van der Waals surface area (Å²) in [6.07, 6.45) is 1.54. The molecule has 0 aromatic rings. The van der Waals surface area contributed by atoms with Crippen LogP contribution in [-0.2, 0) is 4.74 Å². The number of rotatable bonds is 8. The summed E-state index contributed by atoms with van der Waals surface area (Å²) in [5.74, 6) is 0.290. The highest BCUT2D eigenvalue weighted by molar-refractivity contribution is 5.74. The molecule has 0 aliphatic rings. The monoisotopic (exact) mass is 232 g/mol. The lowest BCUT2D eigenvalue weighted by Gasteiger charge is -2.17. The molecule has 16 heavy (non-hydrogen) atoms. The second kappa shape index (κ2) is 9.42. The summed E-state index contributed by atoms with van der Waals surface area (Å²) in [6.45, 7) is 5.25. The number of carbonyl (C=O) groups excluding carboxylic acids is 1. The van der Waals surface area contributed by atoms with E-state index >= 15 is 0 Å². The van der Waals surface area contributed by atoms with Crippen LogP contribution in [0.25, 0.3) is 0 Å². The van der Waals surface area contributed by atoms with Gasteiger partial charge in [0.2, 0.25) is 0 Å². The van der Waals surface area contributed by atoms with Crippen LogP contribution >= 0.6 is 0 Å². The molecule has 0 aromatic carbocycles. The van der Waals surface area contributed by atoms with E-state index in [4.69, 9.17) is 9.84 Å². The average molecular weight is 232 g/mol. The number of nitrogens with one attached hydrogen (secondary N) is 2. The number of urea groups is 1. The number of ether oxygens (including phenoxy) is 1. The molecule has 0 aliphatic heterocycles. The minimum Gasteiger partial charge on any atom is -0.396 e. The SMILES string of the molecule is CCC(COC)NC(=O)NCC(C)CCO. The maximum atomic E-state index is 11.5. The second-order valence-corrected chi connectivity index (χ2v) is 4.03. The molecule has 0 aromatic heterocycles. The van der Waals surface area contributed by atoms with Crippen LogP contribution in [0.3, 0.4) is 0 Å². The Morgan fingerprint density at radius 1 is 1.50 bits per heavy atom. The van der Waals surface area contributed by atoms with Crippen molar-refractivity contribution in [3.63, 3.8) is 0 Å². The molecule has 0 heterocycles. The predicted molar refractivity (Wildman–Crippen MR) is 63.4 cm³/mol. The largest absolute Gasteiger partial charge is 0.396 e. The van der Waals surface area contributed by atoms with Gasteiger partial charge in [0.05, 0.1) is 12.6 Å².